The molecule has 25 heavy (non-hydrogen) atoms. The highest BCUT2D eigenvalue weighted by Crippen LogP contribution is 2.67. The maximum absolute atomic E-state index is 12.7. The van der Waals surface area contributed by atoms with E-state index < -0.39 is 5.41 Å². The molecule has 2 aliphatic rings. The number of allylic oxidation sites excluding steroid dienone is 1. The van der Waals surface area contributed by atoms with Crippen molar-refractivity contribution in [2.24, 2.45) is 16.7 Å². The van der Waals surface area contributed by atoms with Crippen molar-refractivity contribution in [2.45, 2.75) is 26.7 Å². The summed E-state index contributed by atoms with van der Waals surface area (Å²) in [7, 11) is 0. The SMILES string of the molecule is CC1(C)[C@H]2C=C(c3ccc(-c4ccccc4)cc3)[C@]1(C(=O)NO)CC2. The molecule has 1 amide bonds. The molecule has 0 saturated heterocycles. The summed E-state index contributed by atoms with van der Waals surface area (Å²) < 4.78 is 0. The van der Waals surface area contributed by atoms with Crippen LogP contribution < -0.4 is 5.48 Å². The summed E-state index contributed by atoms with van der Waals surface area (Å²) in [6.45, 7) is 4.28. The van der Waals surface area contributed by atoms with Crippen molar-refractivity contribution in [3.05, 3.63) is 66.2 Å². The van der Waals surface area contributed by atoms with E-state index in [4.69, 9.17) is 0 Å². The average Bonchev–Trinajstić information content (AvgIpc) is 3.05. The van der Waals surface area contributed by atoms with Gasteiger partial charge in [-0.2, -0.15) is 0 Å². The van der Waals surface area contributed by atoms with Crippen LogP contribution in [0.5, 0.6) is 0 Å². The van der Waals surface area contributed by atoms with Gasteiger partial charge in [-0.05, 0) is 46.4 Å². The summed E-state index contributed by atoms with van der Waals surface area (Å²) in [5, 5.41) is 9.37. The number of benzene rings is 2. The molecule has 0 aromatic heterocycles. The van der Waals surface area contributed by atoms with Crippen LogP contribution >= 0.6 is 0 Å². The first kappa shape index (κ1) is 16.1. The smallest absolute Gasteiger partial charge is 0.254 e. The molecule has 0 unspecified atom stereocenters. The highest BCUT2D eigenvalue weighted by molar-refractivity contribution is 5.99. The van der Waals surface area contributed by atoms with Crippen LogP contribution in [0.15, 0.2) is 60.7 Å². The monoisotopic (exact) mass is 333 g/mol. The minimum absolute atomic E-state index is 0.187. The third-order valence-corrected chi connectivity index (χ3v) is 6.48. The Labute approximate surface area is 148 Å². The number of carbonyl (C=O) groups is 1. The molecule has 0 radical (unpaired) electrons. The van der Waals surface area contributed by atoms with Crippen LogP contribution in [0.3, 0.4) is 0 Å². The Morgan fingerprint density at radius 1 is 1.00 bits per heavy atom. The number of carbonyl (C=O) groups excluding carboxylic acids is 1. The summed E-state index contributed by atoms with van der Waals surface area (Å²) in [6, 6.07) is 18.7. The number of rotatable bonds is 3. The van der Waals surface area contributed by atoms with Gasteiger partial charge in [-0.1, -0.05) is 74.5 Å². The van der Waals surface area contributed by atoms with E-state index in [9.17, 15) is 10.0 Å². The molecule has 2 bridgehead atoms. The van der Waals surface area contributed by atoms with Crippen molar-refractivity contribution in [3.8, 4) is 11.1 Å². The zero-order valence-electron chi connectivity index (χ0n) is 14.6. The van der Waals surface area contributed by atoms with E-state index in [0.29, 0.717) is 5.92 Å². The van der Waals surface area contributed by atoms with Gasteiger partial charge >= 0.3 is 0 Å². The fourth-order valence-corrected chi connectivity index (χ4v) is 4.93. The Bertz CT molecular complexity index is 836. The van der Waals surface area contributed by atoms with Gasteiger partial charge in [-0.25, -0.2) is 5.48 Å². The first-order valence-corrected chi connectivity index (χ1v) is 8.83. The van der Waals surface area contributed by atoms with Gasteiger partial charge in [-0.15, -0.1) is 0 Å². The molecule has 3 nitrogen and oxygen atoms in total. The quantitative estimate of drug-likeness (QED) is 0.633. The minimum Gasteiger partial charge on any atom is -0.289 e. The molecule has 1 saturated carbocycles. The summed E-state index contributed by atoms with van der Waals surface area (Å²) in [6.07, 6.45) is 4.02. The third kappa shape index (κ3) is 2.12. The van der Waals surface area contributed by atoms with Crippen LogP contribution in [0.1, 0.15) is 32.3 Å². The van der Waals surface area contributed by atoms with E-state index in [0.717, 1.165) is 29.5 Å². The number of hydroxylamine groups is 1. The van der Waals surface area contributed by atoms with Gasteiger partial charge < -0.3 is 0 Å². The fourth-order valence-electron chi connectivity index (χ4n) is 4.93. The zero-order chi connectivity index (χ0) is 17.7. The maximum atomic E-state index is 12.7. The van der Waals surface area contributed by atoms with Gasteiger partial charge in [0.2, 0.25) is 0 Å². The summed E-state index contributed by atoms with van der Waals surface area (Å²) in [4.78, 5) is 12.7. The number of fused-ring (bicyclic) bond motifs is 2. The van der Waals surface area contributed by atoms with Crippen LogP contribution in [0, 0.1) is 16.7 Å². The Morgan fingerprint density at radius 2 is 1.60 bits per heavy atom. The number of nitrogens with one attached hydrogen (secondary N) is 1. The van der Waals surface area contributed by atoms with Crippen molar-refractivity contribution in [3.63, 3.8) is 0 Å². The number of hydrogen-bond donors (Lipinski definition) is 2. The number of hydrogen-bond acceptors (Lipinski definition) is 2. The molecule has 0 spiro atoms. The lowest BCUT2D eigenvalue weighted by atomic mass is 9.64. The van der Waals surface area contributed by atoms with Gasteiger partial charge in [0.1, 0.15) is 0 Å². The van der Waals surface area contributed by atoms with Crippen LogP contribution in [0.25, 0.3) is 16.7 Å². The topological polar surface area (TPSA) is 49.3 Å². The molecule has 0 aliphatic heterocycles. The fraction of sp³-hybridized carbons (Fsp3) is 0.318. The summed E-state index contributed by atoms with van der Waals surface area (Å²) in [5.74, 6) is 0.0875. The van der Waals surface area contributed by atoms with Crippen molar-refractivity contribution in [1.82, 2.24) is 5.48 Å². The van der Waals surface area contributed by atoms with E-state index >= 15 is 0 Å². The van der Waals surface area contributed by atoms with Gasteiger partial charge in [-0.3, -0.25) is 10.0 Å². The highest BCUT2D eigenvalue weighted by Gasteiger charge is 2.64. The Balaban J connectivity index is 1.75. The third-order valence-electron chi connectivity index (χ3n) is 6.48. The molecule has 2 atom stereocenters. The lowest BCUT2D eigenvalue weighted by Crippen LogP contribution is -2.46. The van der Waals surface area contributed by atoms with E-state index in [1.54, 1.807) is 0 Å². The van der Waals surface area contributed by atoms with Crippen molar-refractivity contribution in [1.29, 1.82) is 0 Å². The van der Waals surface area contributed by atoms with Gasteiger partial charge in [0.15, 0.2) is 0 Å². The Morgan fingerprint density at radius 3 is 2.20 bits per heavy atom. The molecular weight excluding hydrogens is 310 g/mol. The molecule has 2 aliphatic carbocycles. The Hall–Kier alpha value is -2.39. The second-order valence-corrected chi connectivity index (χ2v) is 7.74. The molecule has 0 heterocycles. The zero-order valence-corrected chi connectivity index (χ0v) is 14.6. The lowest BCUT2D eigenvalue weighted by Gasteiger charge is -2.38. The summed E-state index contributed by atoms with van der Waals surface area (Å²) in [5.41, 5.74) is 5.56. The van der Waals surface area contributed by atoms with Gasteiger partial charge in [0, 0.05) is 0 Å². The highest BCUT2D eigenvalue weighted by atomic mass is 16.5. The molecule has 2 aromatic carbocycles. The largest absolute Gasteiger partial charge is 0.289 e. The van der Waals surface area contributed by atoms with E-state index in [-0.39, 0.29) is 11.3 Å². The standard InChI is InChI=1S/C22H23NO2/c1-21(2)18-12-13-22(21,20(24)23-25)19(14-18)17-10-8-16(9-11-17)15-6-4-3-5-7-15/h3-11,14,18,25H,12-13H2,1-2H3,(H,23,24)/t18-,22+/m1/s1. The van der Waals surface area contributed by atoms with E-state index in [1.807, 2.05) is 23.7 Å². The minimum atomic E-state index is -0.652. The lowest BCUT2D eigenvalue weighted by molar-refractivity contribution is -0.140. The predicted octanol–water partition coefficient (Wildman–Crippen LogP) is 4.68. The molecule has 4 rings (SSSR count). The molecule has 2 N–H and O–H groups in total. The van der Waals surface area contributed by atoms with Crippen LogP contribution in [-0.2, 0) is 4.79 Å². The first-order valence-electron chi connectivity index (χ1n) is 8.83. The van der Waals surface area contributed by atoms with Crippen molar-refractivity contribution < 1.29 is 10.0 Å². The van der Waals surface area contributed by atoms with Crippen LogP contribution in [0.2, 0.25) is 0 Å². The second-order valence-electron chi connectivity index (χ2n) is 7.74. The molecule has 128 valence electrons. The average molecular weight is 333 g/mol. The molecular formula is C22H23NO2. The van der Waals surface area contributed by atoms with Gasteiger partial charge in [0.05, 0.1) is 5.41 Å². The normalized spacial score (nSPS) is 26.4. The van der Waals surface area contributed by atoms with E-state index in [1.165, 1.54) is 5.56 Å². The first-order chi connectivity index (χ1) is 12.0. The molecule has 1 fully saturated rings. The van der Waals surface area contributed by atoms with Gasteiger partial charge in [0.25, 0.3) is 5.91 Å². The van der Waals surface area contributed by atoms with Crippen LogP contribution in [0.4, 0.5) is 0 Å². The predicted molar refractivity (Wildman–Crippen MR) is 98.7 cm³/mol. The number of amides is 1. The molecule has 2 aromatic rings. The Kier molecular flexibility index (Phi) is 3.58. The van der Waals surface area contributed by atoms with Crippen molar-refractivity contribution >= 4 is 11.5 Å². The van der Waals surface area contributed by atoms with E-state index in [2.05, 4.69) is 56.3 Å². The maximum Gasteiger partial charge on any atom is 0.254 e. The molecule has 3 heteroatoms. The summed E-state index contributed by atoms with van der Waals surface area (Å²) >= 11 is 0. The van der Waals surface area contributed by atoms with Crippen molar-refractivity contribution in [2.75, 3.05) is 0 Å². The van der Waals surface area contributed by atoms with Crippen LogP contribution in [-0.4, -0.2) is 11.1 Å². The second kappa shape index (κ2) is 5.57.